The van der Waals surface area contributed by atoms with E-state index in [1.807, 2.05) is 24.8 Å². The lowest BCUT2D eigenvalue weighted by molar-refractivity contribution is 0.383. The van der Waals surface area contributed by atoms with E-state index in [0.29, 0.717) is 12.1 Å². The Morgan fingerprint density at radius 3 is 3.00 bits per heavy atom. The highest BCUT2D eigenvalue weighted by molar-refractivity contribution is 7.99. The van der Waals surface area contributed by atoms with E-state index in [2.05, 4.69) is 18.3 Å². The second-order valence-corrected chi connectivity index (χ2v) is 4.89. The summed E-state index contributed by atoms with van der Waals surface area (Å²) < 4.78 is 5.64. The minimum Gasteiger partial charge on any atom is -0.465 e. The summed E-state index contributed by atoms with van der Waals surface area (Å²) in [5.41, 5.74) is 0. The fraction of sp³-hybridized carbons (Fsp3) is 0.636. The van der Waals surface area contributed by atoms with E-state index in [-0.39, 0.29) is 0 Å². The van der Waals surface area contributed by atoms with Gasteiger partial charge in [0.1, 0.15) is 11.5 Å². The number of furan rings is 1. The van der Waals surface area contributed by atoms with Crippen LogP contribution in [0.4, 0.5) is 0 Å². The lowest BCUT2D eigenvalue weighted by atomic mass is 10.2. The molecule has 1 aromatic heterocycles. The molecule has 1 aliphatic heterocycles. The van der Waals surface area contributed by atoms with Crippen molar-refractivity contribution in [3.05, 3.63) is 23.7 Å². The molecule has 2 heterocycles. The second-order valence-electron chi connectivity index (χ2n) is 3.81. The first-order valence-electron chi connectivity index (χ1n) is 5.19. The van der Waals surface area contributed by atoms with Gasteiger partial charge in [0.15, 0.2) is 0 Å². The van der Waals surface area contributed by atoms with Crippen molar-refractivity contribution in [2.75, 3.05) is 11.5 Å². The summed E-state index contributed by atoms with van der Waals surface area (Å²) in [6.07, 6.45) is 1.20. The molecular formula is C11H17NOS. The Hall–Kier alpha value is -0.410. The maximum atomic E-state index is 5.64. The zero-order chi connectivity index (χ0) is 9.97. The third kappa shape index (κ3) is 2.15. The first kappa shape index (κ1) is 10.1. The fourth-order valence-electron chi connectivity index (χ4n) is 1.75. The highest BCUT2D eigenvalue weighted by atomic mass is 32.2. The zero-order valence-corrected chi connectivity index (χ0v) is 9.56. The van der Waals surface area contributed by atoms with Crippen molar-refractivity contribution >= 4 is 11.8 Å². The lowest BCUT2D eigenvalue weighted by Crippen LogP contribution is -2.39. The van der Waals surface area contributed by atoms with Gasteiger partial charge < -0.3 is 9.73 Å². The van der Waals surface area contributed by atoms with Crippen LogP contribution in [0.15, 0.2) is 16.5 Å². The molecule has 0 saturated carbocycles. The molecule has 1 aliphatic rings. The van der Waals surface area contributed by atoms with Gasteiger partial charge in [-0.3, -0.25) is 0 Å². The molecule has 3 heteroatoms. The van der Waals surface area contributed by atoms with Crippen LogP contribution in [0.2, 0.25) is 0 Å². The summed E-state index contributed by atoms with van der Waals surface area (Å²) in [5.74, 6) is 4.45. The van der Waals surface area contributed by atoms with Gasteiger partial charge in [0, 0.05) is 17.5 Å². The molecule has 78 valence electrons. The van der Waals surface area contributed by atoms with Crippen LogP contribution in [0.3, 0.4) is 0 Å². The van der Waals surface area contributed by atoms with Gasteiger partial charge in [-0.25, -0.2) is 0 Å². The Morgan fingerprint density at radius 2 is 2.36 bits per heavy atom. The Balaban J connectivity index is 2.04. The summed E-state index contributed by atoms with van der Waals surface area (Å²) in [5, 5.41) is 3.62. The van der Waals surface area contributed by atoms with Gasteiger partial charge in [-0.1, -0.05) is 6.92 Å². The smallest absolute Gasteiger partial charge is 0.121 e. The first-order valence-corrected chi connectivity index (χ1v) is 6.35. The molecule has 0 aromatic carbocycles. The lowest BCUT2D eigenvalue weighted by Gasteiger charge is -2.28. The summed E-state index contributed by atoms with van der Waals surface area (Å²) >= 11 is 2.02. The van der Waals surface area contributed by atoms with Gasteiger partial charge in [-0.15, -0.1) is 0 Å². The van der Waals surface area contributed by atoms with E-state index in [1.165, 1.54) is 12.2 Å². The van der Waals surface area contributed by atoms with Crippen molar-refractivity contribution in [1.29, 1.82) is 0 Å². The molecule has 2 rings (SSSR count). The molecule has 2 atom stereocenters. The van der Waals surface area contributed by atoms with Gasteiger partial charge in [-0.2, -0.15) is 11.8 Å². The minimum atomic E-state index is 0.410. The van der Waals surface area contributed by atoms with E-state index < -0.39 is 0 Å². The summed E-state index contributed by atoms with van der Waals surface area (Å²) in [6.45, 7) is 4.23. The number of hydrogen-bond acceptors (Lipinski definition) is 3. The second kappa shape index (κ2) is 4.41. The van der Waals surface area contributed by atoms with E-state index in [0.717, 1.165) is 17.3 Å². The SMILES string of the molecule is CCC1CSCC(c2ccc(C)o2)N1. The van der Waals surface area contributed by atoms with Crippen LogP contribution in [0.25, 0.3) is 0 Å². The molecule has 0 radical (unpaired) electrons. The third-order valence-corrected chi connectivity index (χ3v) is 3.84. The van der Waals surface area contributed by atoms with Crippen molar-refractivity contribution in [2.45, 2.75) is 32.4 Å². The van der Waals surface area contributed by atoms with E-state index >= 15 is 0 Å². The molecule has 1 N–H and O–H groups in total. The van der Waals surface area contributed by atoms with Gasteiger partial charge in [0.05, 0.1) is 6.04 Å². The molecule has 2 nitrogen and oxygen atoms in total. The number of nitrogens with one attached hydrogen (secondary N) is 1. The van der Waals surface area contributed by atoms with Crippen LogP contribution in [0.1, 0.15) is 30.9 Å². The number of hydrogen-bond donors (Lipinski definition) is 1. The average molecular weight is 211 g/mol. The number of thioether (sulfide) groups is 1. The highest BCUT2D eigenvalue weighted by Gasteiger charge is 2.23. The molecule has 0 bridgehead atoms. The summed E-state index contributed by atoms with van der Waals surface area (Å²) in [6, 6.07) is 5.18. The predicted octanol–water partition coefficient (Wildman–Crippen LogP) is 2.74. The number of rotatable bonds is 2. The topological polar surface area (TPSA) is 25.2 Å². The Bertz CT molecular complexity index is 297. The van der Waals surface area contributed by atoms with Gasteiger partial charge in [0.25, 0.3) is 0 Å². The van der Waals surface area contributed by atoms with Crippen molar-refractivity contribution in [1.82, 2.24) is 5.32 Å². The summed E-state index contributed by atoms with van der Waals surface area (Å²) in [4.78, 5) is 0. The quantitative estimate of drug-likeness (QED) is 0.814. The van der Waals surface area contributed by atoms with Crippen LogP contribution in [-0.4, -0.2) is 17.5 Å². The normalized spacial score (nSPS) is 27.9. The Kier molecular flexibility index (Phi) is 3.19. The maximum absolute atomic E-state index is 5.64. The molecular weight excluding hydrogens is 194 g/mol. The van der Waals surface area contributed by atoms with Crippen molar-refractivity contribution < 1.29 is 4.42 Å². The predicted molar refractivity (Wildman–Crippen MR) is 60.7 cm³/mol. The first-order chi connectivity index (χ1) is 6.79. The molecule has 1 saturated heterocycles. The fourth-order valence-corrected chi connectivity index (χ4v) is 3.00. The molecule has 1 fully saturated rings. The van der Waals surface area contributed by atoms with Gasteiger partial charge in [0.2, 0.25) is 0 Å². The van der Waals surface area contributed by atoms with Crippen molar-refractivity contribution in [3.8, 4) is 0 Å². The summed E-state index contributed by atoms with van der Waals surface area (Å²) in [7, 11) is 0. The highest BCUT2D eigenvalue weighted by Crippen LogP contribution is 2.26. The standard InChI is InChI=1S/C11H17NOS/c1-3-9-6-14-7-10(12-9)11-5-4-8(2)13-11/h4-5,9-10,12H,3,6-7H2,1-2H3. The molecule has 0 spiro atoms. The van der Waals surface area contributed by atoms with Crippen LogP contribution in [0.5, 0.6) is 0 Å². The van der Waals surface area contributed by atoms with Crippen molar-refractivity contribution in [3.63, 3.8) is 0 Å². The van der Waals surface area contributed by atoms with Crippen LogP contribution >= 0.6 is 11.8 Å². The molecule has 0 amide bonds. The molecule has 0 aliphatic carbocycles. The average Bonchev–Trinajstić information content (AvgIpc) is 2.65. The van der Waals surface area contributed by atoms with E-state index in [9.17, 15) is 0 Å². The Labute approximate surface area is 89.4 Å². The van der Waals surface area contributed by atoms with Crippen LogP contribution < -0.4 is 5.32 Å². The number of aryl methyl sites for hydroxylation is 1. The molecule has 2 unspecified atom stereocenters. The maximum Gasteiger partial charge on any atom is 0.121 e. The van der Waals surface area contributed by atoms with E-state index in [1.54, 1.807) is 0 Å². The molecule has 14 heavy (non-hydrogen) atoms. The Morgan fingerprint density at radius 1 is 1.50 bits per heavy atom. The zero-order valence-electron chi connectivity index (χ0n) is 8.75. The van der Waals surface area contributed by atoms with Crippen LogP contribution in [0, 0.1) is 6.92 Å². The van der Waals surface area contributed by atoms with Crippen LogP contribution in [-0.2, 0) is 0 Å². The largest absolute Gasteiger partial charge is 0.465 e. The van der Waals surface area contributed by atoms with Gasteiger partial charge in [-0.05, 0) is 25.5 Å². The third-order valence-electron chi connectivity index (χ3n) is 2.64. The monoisotopic (exact) mass is 211 g/mol. The van der Waals surface area contributed by atoms with Gasteiger partial charge >= 0.3 is 0 Å². The minimum absolute atomic E-state index is 0.410. The molecule has 1 aromatic rings. The van der Waals surface area contributed by atoms with E-state index in [4.69, 9.17) is 4.42 Å². The van der Waals surface area contributed by atoms with Crippen molar-refractivity contribution in [2.24, 2.45) is 0 Å².